The lowest BCUT2D eigenvalue weighted by Crippen LogP contribution is -2.13. The molecule has 0 unspecified atom stereocenters. The van der Waals surface area contributed by atoms with Crippen LogP contribution in [0.3, 0.4) is 0 Å². The van der Waals surface area contributed by atoms with Gasteiger partial charge < -0.3 is 19.5 Å². The molecule has 0 bridgehead atoms. The van der Waals surface area contributed by atoms with Gasteiger partial charge in [0.1, 0.15) is 11.6 Å². The Morgan fingerprint density at radius 3 is 2.75 bits per heavy atom. The molecular formula is C15H24FNO3. The van der Waals surface area contributed by atoms with Gasteiger partial charge in [0.05, 0.1) is 19.8 Å². The predicted octanol–water partition coefficient (Wildman–Crippen LogP) is 2.37. The first kappa shape index (κ1) is 16.9. The van der Waals surface area contributed by atoms with E-state index in [1.165, 1.54) is 12.1 Å². The molecule has 0 aromatic heterocycles. The van der Waals surface area contributed by atoms with Crippen LogP contribution >= 0.6 is 0 Å². The third-order valence-electron chi connectivity index (χ3n) is 2.71. The van der Waals surface area contributed by atoms with Gasteiger partial charge in [0, 0.05) is 32.2 Å². The van der Waals surface area contributed by atoms with Gasteiger partial charge in [-0.1, -0.05) is 6.92 Å². The molecule has 20 heavy (non-hydrogen) atoms. The molecule has 0 aliphatic carbocycles. The molecule has 1 aromatic rings. The maximum absolute atomic E-state index is 13.2. The normalized spacial score (nSPS) is 10.8. The summed E-state index contributed by atoms with van der Waals surface area (Å²) in [7, 11) is 1.65. The van der Waals surface area contributed by atoms with Gasteiger partial charge in [-0.3, -0.25) is 0 Å². The van der Waals surface area contributed by atoms with Crippen molar-refractivity contribution in [3.05, 3.63) is 29.6 Å². The van der Waals surface area contributed by atoms with Crippen LogP contribution < -0.4 is 10.1 Å². The molecule has 0 fully saturated rings. The van der Waals surface area contributed by atoms with Crippen LogP contribution in [0.5, 0.6) is 5.75 Å². The fraction of sp³-hybridized carbons (Fsp3) is 0.600. The van der Waals surface area contributed by atoms with Gasteiger partial charge in [-0.25, -0.2) is 4.39 Å². The van der Waals surface area contributed by atoms with Crippen molar-refractivity contribution in [3.8, 4) is 5.75 Å². The van der Waals surface area contributed by atoms with E-state index in [2.05, 4.69) is 5.32 Å². The van der Waals surface area contributed by atoms with Crippen molar-refractivity contribution in [1.82, 2.24) is 5.32 Å². The van der Waals surface area contributed by atoms with Crippen molar-refractivity contribution in [2.45, 2.75) is 19.9 Å². The van der Waals surface area contributed by atoms with Crippen molar-refractivity contribution in [1.29, 1.82) is 0 Å². The lowest BCUT2D eigenvalue weighted by Gasteiger charge is -2.12. The van der Waals surface area contributed by atoms with Crippen LogP contribution in [-0.2, 0) is 16.0 Å². The highest BCUT2D eigenvalue weighted by Gasteiger charge is 2.05. The van der Waals surface area contributed by atoms with E-state index in [-0.39, 0.29) is 5.82 Å². The summed E-state index contributed by atoms with van der Waals surface area (Å²) in [5.74, 6) is 0.484. The number of rotatable bonds is 11. The first-order chi connectivity index (χ1) is 9.77. The topological polar surface area (TPSA) is 39.7 Å². The Morgan fingerprint density at radius 1 is 1.15 bits per heavy atom. The lowest BCUT2D eigenvalue weighted by atomic mass is 10.2. The van der Waals surface area contributed by atoms with Crippen LogP contribution in [0.2, 0.25) is 0 Å². The molecular weight excluding hydrogens is 261 g/mol. The van der Waals surface area contributed by atoms with E-state index in [1.54, 1.807) is 13.2 Å². The van der Waals surface area contributed by atoms with Crippen LogP contribution in [0.25, 0.3) is 0 Å². The summed E-state index contributed by atoms with van der Waals surface area (Å²) in [4.78, 5) is 0. The molecule has 0 amide bonds. The van der Waals surface area contributed by atoms with Gasteiger partial charge in [0.25, 0.3) is 0 Å². The van der Waals surface area contributed by atoms with Crippen molar-refractivity contribution in [2.75, 3.05) is 40.1 Å². The second-order valence-electron chi connectivity index (χ2n) is 4.34. The number of hydrogen-bond acceptors (Lipinski definition) is 4. The zero-order valence-corrected chi connectivity index (χ0v) is 12.3. The van der Waals surface area contributed by atoms with Gasteiger partial charge >= 0.3 is 0 Å². The average molecular weight is 285 g/mol. The Labute approximate surface area is 120 Å². The summed E-state index contributed by atoms with van der Waals surface area (Å²) in [5, 5.41) is 3.17. The Hall–Kier alpha value is -1.17. The van der Waals surface area contributed by atoms with Crippen molar-refractivity contribution in [3.63, 3.8) is 0 Å². The Bertz CT molecular complexity index is 374. The summed E-state index contributed by atoms with van der Waals surface area (Å²) >= 11 is 0. The van der Waals surface area contributed by atoms with Gasteiger partial charge in [-0.05, 0) is 24.7 Å². The van der Waals surface area contributed by atoms with Crippen LogP contribution in [0.15, 0.2) is 18.2 Å². The lowest BCUT2D eigenvalue weighted by molar-refractivity contribution is 0.0644. The molecule has 1 rings (SSSR count). The third-order valence-corrected chi connectivity index (χ3v) is 2.71. The molecule has 5 heteroatoms. The second kappa shape index (κ2) is 10.6. The maximum Gasteiger partial charge on any atom is 0.123 e. The molecule has 0 aliphatic heterocycles. The number of halogens is 1. The number of nitrogens with one attached hydrogen (secondary N) is 1. The molecule has 114 valence electrons. The van der Waals surface area contributed by atoms with Crippen LogP contribution in [-0.4, -0.2) is 40.1 Å². The highest BCUT2D eigenvalue weighted by atomic mass is 19.1. The Morgan fingerprint density at radius 2 is 2.00 bits per heavy atom. The standard InChI is InChI=1S/C15H24FNO3/c1-3-17-12-13-11-14(16)5-6-15(13)20-8-4-7-19-10-9-18-2/h5-6,11,17H,3-4,7-10,12H2,1-2H3. The number of hydrogen-bond donors (Lipinski definition) is 1. The molecule has 0 heterocycles. The smallest absolute Gasteiger partial charge is 0.123 e. The SMILES string of the molecule is CCNCc1cc(F)ccc1OCCCOCCOC. The van der Waals surface area contributed by atoms with Gasteiger partial charge in [-0.15, -0.1) is 0 Å². The zero-order valence-electron chi connectivity index (χ0n) is 12.3. The van der Waals surface area contributed by atoms with Gasteiger partial charge in [0.15, 0.2) is 0 Å². The molecule has 1 aromatic carbocycles. The van der Waals surface area contributed by atoms with E-state index in [0.717, 1.165) is 24.3 Å². The van der Waals surface area contributed by atoms with E-state index in [9.17, 15) is 4.39 Å². The minimum Gasteiger partial charge on any atom is -0.493 e. The van der Waals surface area contributed by atoms with Crippen molar-refractivity contribution >= 4 is 0 Å². The quantitative estimate of drug-likeness (QED) is 0.634. The minimum atomic E-state index is -0.242. The zero-order chi connectivity index (χ0) is 14.6. The summed E-state index contributed by atoms with van der Waals surface area (Å²) in [6.07, 6.45) is 0.793. The molecule has 0 spiro atoms. The first-order valence-corrected chi connectivity index (χ1v) is 6.96. The summed E-state index contributed by atoms with van der Waals surface area (Å²) in [5.41, 5.74) is 0.840. The number of benzene rings is 1. The van der Waals surface area contributed by atoms with E-state index >= 15 is 0 Å². The highest BCUT2D eigenvalue weighted by molar-refractivity contribution is 5.33. The fourth-order valence-electron chi connectivity index (χ4n) is 1.67. The fourth-order valence-corrected chi connectivity index (χ4v) is 1.67. The highest BCUT2D eigenvalue weighted by Crippen LogP contribution is 2.19. The molecule has 0 saturated carbocycles. The van der Waals surface area contributed by atoms with Crippen molar-refractivity contribution in [2.24, 2.45) is 0 Å². The van der Waals surface area contributed by atoms with E-state index in [4.69, 9.17) is 14.2 Å². The molecule has 1 N–H and O–H groups in total. The van der Waals surface area contributed by atoms with Crippen LogP contribution in [0, 0.1) is 5.82 Å². The third kappa shape index (κ3) is 6.84. The Balaban J connectivity index is 2.31. The number of methoxy groups -OCH3 is 1. The number of ether oxygens (including phenoxy) is 3. The summed E-state index contributed by atoms with van der Waals surface area (Å²) in [6.45, 7) is 5.84. The monoisotopic (exact) mass is 285 g/mol. The predicted molar refractivity (Wildman–Crippen MR) is 76.6 cm³/mol. The molecule has 0 radical (unpaired) electrons. The van der Waals surface area contributed by atoms with Gasteiger partial charge in [0.2, 0.25) is 0 Å². The van der Waals surface area contributed by atoms with E-state index < -0.39 is 0 Å². The molecule has 0 atom stereocenters. The first-order valence-electron chi connectivity index (χ1n) is 6.96. The second-order valence-corrected chi connectivity index (χ2v) is 4.34. The maximum atomic E-state index is 13.2. The van der Waals surface area contributed by atoms with Gasteiger partial charge in [-0.2, -0.15) is 0 Å². The molecule has 0 saturated heterocycles. The van der Waals surface area contributed by atoms with E-state index in [1.807, 2.05) is 6.92 Å². The minimum absolute atomic E-state index is 0.242. The van der Waals surface area contributed by atoms with Crippen LogP contribution in [0.1, 0.15) is 18.9 Å². The Kier molecular flexibility index (Phi) is 8.95. The van der Waals surface area contributed by atoms with Crippen molar-refractivity contribution < 1.29 is 18.6 Å². The summed E-state index contributed by atoms with van der Waals surface area (Å²) in [6, 6.07) is 4.60. The molecule has 4 nitrogen and oxygen atoms in total. The average Bonchev–Trinajstić information content (AvgIpc) is 2.45. The van der Waals surface area contributed by atoms with Crippen LogP contribution in [0.4, 0.5) is 4.39 Å². The van der Waals surface area contributed by atoms with E-state index in [0.29, 0.717) is 33.0 Å². The summed E-state index contributed by atoms with van der Waals surface area (Å²) < 4.78 is 29.1. The molecule has 0 aliphatic rings. The largest absolute Gasteiger partial charge is 0.493 e.